The van der Waals surface area contributed by atoms with Crippen LogP contribution in [0.1, 0.15) is 40.2 Å². The normalized spacial score (nSPS) is 15.5. The number of hydrogen-bond acceptors (Lipinski definition) is 6. The molecule has 8 nitrogen and oxygen atoms in total. The Morgan fingerprint density at radius 2 is 1.83 bits per heavy atom. The van der Waals surface area contributed by atoms with Crippen molar-refractivity contribution in [2.75, 3.05) is 18.1 Å². The number of amides is 1. The van der Waals surface area contributed by atoms with E-state index in [2.05, 4.69) is 25.8 Å². The smallest absolute Gasteiger partial charge is 0.366 e. The van der Waals surface area contributed by atoms with Crippen LogP contribution in [0.3, 0.4) is 0 Å². The molecule has 0 spiro atoms. The van der Waals surface area contributed by atoms with Crippen LogP contribution in [0, 0.1) is 10.1 Å². The molecule has 0 saturated carbocycles. The number of hydrogen-bond donors (Lipinski definition) is 0. The van der Waals surface area contributed by atoms with Gasteiger partial charge in [-0.1, -0.05) is 32.9 Å². The van der Waals surface area contributed by atoms with E-state index in [4.69, 9.17) is 9.47 Å². The van der Waals surface area contributed by atoms with E-state index in [0.717, 1.165) is 0 Å². The topological polar surface area (TPSA) is 94.8 Å². The summed E-state index contributed by atoms with van der Waals surface area (Å²) in [5.74, 6) is 0.475. The Morgan fingerprint density at radius 3 is 2.41 bits per heavy atom. The molecule has 154 valence electrons. The highest BCUT2D eigenvalue weighted by molar-refractivity contribution is 6.01. The second-order valence-electron chi connectivity index (χ2n) is 8.44. The molecule has 29 heavy (non-hydrogen) atoms. The summed E-state index contributed by atoms with van der Waals surface area (Å²) in [6.07, 6.45) is 0. The molecule has 1 aliphatic heterocycles. The SMILES string of the molecule is CC1(C)Oc2ccc([N+](=O)[O-])nc2N(CCOc2ccc(C(C)(C)C)cc2)C1=O. The van der Waals surface area contributed by atoms with Gasteiger partial charge in [-0.05, 0) is 52.9 Å². The molecule has 2 heterocycles. The van der Waals surface area contributed by atoms with Crippen molar-refractivity contribution in [3.8, 4) is 11.5 Å². The summed E-state index contributed by atoms with van der Waals surface area (Å²) in [6.45, 7) is 10.1. The van der Waals surface area contributed by atoms with Crippen molar-refractivity contribution >= 4 is 17.5 Å². The van der Waals surface area contributed by atoms with Crippen molar-refractivity contribution < 1.29 is 19.2 Å². The van der Waals surface area contributed by atoms with Gasteiger partial charge in [-0.25, -0.2) is 0 Å². The molecule has 1 aromatic heterocycles. The van der Waals surface area contributed by atoms with Gasteiger partial charge >= 0.3 is 5.82 Å². The Morgan fingerprint density at radius 1 is 1.17 bits per heavy atom. The molecule has 3 rings (SSSR count). The Kier molecular flexibility index (Phi) is 5.21. The first-order valence-corrected chi connectivity index (χ1v) is 9.39. The zero-order valence-electron chi connectivity index (χ0n) is 17.3. The van der Waals surface area contributed by atoms with Gasteiger partial charge in [0.15, 0.2) is 11.4 Å². The molecule has 0 unspecified atom stereocenters. The molecule has 1 aromatic carbocycles. The number of nitro groups is 1. The number of carbonyl (C=O) groups excluding carboxylic acids is 1. The van der Waals surface area contributed by atoms with E-state index < -0.39 is 10.5 Å². The van der Waals surface area contributed by atoms with Crippen LogP contribution in [-0.4, -0.2) is 34.6 Å². The minimum absolute atomic E-state index is 0.0500. The van der Waals surface area contributed by atoms with Crippen LogP contribution in [0.5, 0.6) is 11.5 Å². The lowest BCUT2D eigenvalue weighted by Gasteiger charge is -2.35. The highest BCUT2D eigenvalue weighted by Gasteiger charge is 2.44. The number of nitrogens with zero attached hydrogens (tertiary/aromatic N) is 3. The third kappa shape index (κ3) is 4.31. The van der Waals surface area contributed by atoms with Gasteiger partial charge in [0, 0.05) is 6.07 Å². The van der Waals surface area contributed by atoms with Gasteiger partial charge in [0.1, 0.15) is 12.4 Å². The number of ether oxygens (including phenoxy) is 2. The van der Waals surface area contributed by atoms with E-state index in [-0.39, 0.29) is 36.1 Å². The van der Waals surface area contributed by atoms with Gasteiger partial charge in [0.2, 0.25) is 0 Å². The van der Waals surface area contributed by atoms with E-state index in [1.54, 1.807) is 13.8 Å². The van der Waals surface area contributed by atoms with Crippen molar-refractivity contribution in [3.05, 3.63) is 52.1 Å². The molecule has 0 bridgehead atoms. The summed E-state index contributed by atoms with van der Waals surface area (Å²) in [5.41, 5.74) is 0.147. The first kappa shape index (κ1) is 20.6. The largest absolute Gasteiger partial charge is 0.492 e. The van der Waals surface area contributed by atoms with Crippen LogP contribution in [0.2, 0.25) is 0 Å². The third-order valence-electron chi connectivity index (χ3n) is 4.70. The average Bonchev–Trinajstić information content (AvgIpc) is 2.64. The summed E-state index contributed by atoms with van der Waals surface area (Å²) in [7, 11) is 0. The average molecular weight is 399 g/mol. The first-order valence-electron chi connectivity index (χ1n) is 9.39. The lowest BCUT2D eigenvalue weighted by Crippen LogP contribution is -2.53. The maximum Gasteiger partial charge on any atom is 0.366 e. The number of fused-ring (bicyclic) bond motifs is 1. The second-order valence-corrected chi connectivity index (χ2v) is 8.44. The fraction of sp³-hybridized carbons (Fsp3) is 0.429. The van der Waals surface area contributed by atoms with Gasteiger partial charge < -0.3 is 19.6 Å². The number of carbonyl (C=O) groups is 1. The van der Waals surface area contributed by atoms with Crippen LogP contribution in [0.4, 0.5) is 11.6 Å². The maximum atomic E-state index is 12.8. The summed E-state index contributed by atoms with van der Waals surface area (Å²) in [4.78, 5) is 28.7. The summed E-state index contributed by atoms with van der Waals surface area (Å²) < 4.78 is 11.5. The van der Waals surface area contributed by atoms with E-state index in [1.807, 2.05) is 24.3 Å². The van der Waals surface area contributed by atoms with Gasteiger partial charge in [-0.3, -0.25) is 9.69 Å². The summed E-state index contributed by atoms with van der Waals surface area (Å²) in [5, 5.41) is 11.1. The molecule has 0 radical (unpaired) electrons. The van der Waals surface area contributed by atoms with E-state index >= 15 is 0 Å². The predicted molar refractivity (Wildman–Crippen MR) is 109 cm³/mol. The van der Waals surface area contributed by atoms with Crippen LogP contribution < -0.4 is 14.4 Å². The second kappa shape index (κ2) is 7.35. The molecular weight excluding hydrogens is 374 g/mol. The molecular formula is C21H25N3O5. The lowest BCUT2D eigenvalue weighted by molar-refractivity contribution is -0.389. The highest BCUT2D eigenvalue weighted by Crippen LogP contribution is 2.37. The fourth-order valence-corrected chi connectivity index (χ4v) is 3.05. The molecule has 0 saturated heterocycles. The van der Waals surface area contributed by atoms with Crippen molar-refractivity contribution in [1.82, 2.24) is 4.98 Å². The zero-order chi connectivity index (χ0) is 21.4. The fourth-order valence-electron chi connectivity index (χ4n) is 3.05. The number of rotatable bonds is 5. The first-order chi connectivity index (χ1) is 13.5. The van der Waals surface area contributed by atoms with E-state index in [1.165, 1.54) is 22.6 Å². The van der Waals surface area contributed by atoms with Crippen molar-refractivity contribution in [1.29, 1.82) is 0 Å². The number of anilines is 1. The van der Waals surface area contributed by atoms with Gasteiger partial charge in [0.25, 0.3) is 11.7 Å². The minimum atomic E-state index is -1.10. The van der Waals surface area contributed by atoms with Crippen molar-refractivity contribution in [2.45, 2.75) is 45.6 Å². The van der Waals surface area contributed by atoms with Crippen molar-refractivity contribution in [3.63, 3.8) is 0 Å². The minimum Gasteiger partial charge on any atom is -0.492 e. The van der Waals surface area contributed by atoms with Crippen LogP contribution in [-0.2, 0) is 10.2 Å². The standard InChI is InChI=1S/C21H25N3O5/c1-20(2,3)14-6-8-15(9-7-14)28-13-12-23-18-16(29-21(4,5)19(23)25)10-11-17(22-18)24(26)27/h6-11H,12-13H2,1-5H3. The van der Waals surface area contributed by atoms with E-state index in [9.17, 15) is 14.9 Å². The number of aromatic nitrogens is 1. The zero-order valence-corrected chi connectivity index (χ0v) is 17.3. The quantitative estimate of drug-likeness (QED) is 0.559. The third-order valence-corrected chi connectivity index (χ3v) is 4.70. The predicted octanol–water partition coefficient (Wildman–Crippen LogP) is 3.87. The van der Waals surface area contributed by atoms with Gasteiger partial charge in [-0.15, -0.1) is 0 Å². The highest BCUT2D eigenvalue weighted by atomic mass is 16.6. The summed E-state index contributed by atoms with van der Waals surface area (Å²) >= 11 is 0. The van der Waals surface area contributed by atoms with Gasteiger partial charge in [-0.2, -0.15) is 0 Å². The molecule has 8 heteroatoms. The van der Waals surface area contributed by atoms with E-state index in [0.29, 0.717) is 11.5 Å². The Hall–Kier alpha value is -3.16. The lowest BCUT2D eigenvalue weighted by atomic mass is 9.87. The Balaban J connectivity index is 1.76. The molecule has 1 aliphatic rings. The molecule has 0 fully saturated rings. The Labute approximate surface area is 169 Å². The number of benzene rings is 1. The van der Waals surface area contributed by atoms with Crippen LogP contribution in [0.15, 0.2) is 36.4 Å². The Bertz CT molecular complexity index is 932. The monoisotopic (exact) mass is 399 g/mol. The molecule has 0 aliphatic carbocycles. The molecule has 1 amide bonds. The maximum absolute atomic E-state index is 12.8. The summed E-state index contributed by atoms with van der Waals surface area (Å²) in [6, 6.07) is 10.5. The molecule has 0 atom stereocenters. The van der Waals surface area contributed by atoms with Crippen LogP contribution >= 0.6 is 0 Å². The van der Waals surface area contributed by atoms with Crippen LogP contribution in [0.25, 0.3) is 0 Å². The molecule has 2 aromatic rings. The van der Waals surface area contributed by atoms with Crippen molar-refractivity contribution in [2.24, 2.45) is 0 Å². The van der Waals surface area contributed by atoms with Gasteiger partial charge in [0.05, 0.1) is 6.54 Å². The molecule has 0 N–H and O–H groups in total. The number of pyridine rings is 1.